The predicted octanol–water partition coefficient (Wildman–Crippen LogP) is 2.98. The zero-order chi connectivity index (χ0) is 21.2. The lowest BCUT2D eigenvalue weighted by atomic mass is 10.2. The number of likely N-dealkylation sites (N-methyl/N-ethyl adjacent to an activating group) is 1. The van der Waals surface area contributed by atoms with E-state index in [1.165, 1.54) is 0 Å². The zero-order valence-electron chi connectivity index (χ0n) is 15.6. The third kappa shape index (κ3) is 5.39. The van der Waals surface area contributed by atoms with Crippen LogP contribution in [0.5, 0.6) is 0 Å². The van der Waals surface area contributed by atoms with Gasteiger partial charge in [-0.2, -0.15) is 13.2 Å². The lowest BCUT2D eigenvalue weighted by Crippen LogP contribution is -2.44. The highest BCUT2D eigenvalue weighted by atomic mass is 35.5. The van der Waals surface area contributed by atoms with Gasteiger partial charge in [0.1, 0.15) is 10.7 Å². The highest BCUT2D eigenvalue weighted by Crippen LogP contribution is 2.33. The van der Waals surface area contributed by atoms with E-state index in [0.717, 1.165) is 44.1 Å². The number of sulfonamides is 1. The summed E-state index contributed by atoms with van der Waals surface area (Å²) in [4.78, 5) is 8.02. The van der Waals surface area contributed by atoms with Gasteiger partial charge in [0.15, 0.2) is 0 Å². The minimum atomic E-state index is -4.67. The Morgan fingerprint density at radius 2 is 1.83 bits per heavy atom. The second kappa shape index (κ2) is 8.47. The van der Waals surface area contributed by atoms with Crippen molar-refractivity contribution in [1.82, 2.24) is 14.6 Å². The Balaban J connectivity index is 1.75. The Morgan fingerprint density at radius 3 is 2.48 bits per heavy atom. The average Bonchev–Trinajstić information content (AvgIpc) is 2.66. The molecule has 3 rings (SSSR count). The second-order valence-electron chi connectivity index (χ2n) is 6.78. The summed E-state index contributed by atoms with van der Waals surface area (Å²) in [7, 11) is -2.20. The van der Waals surface area contributed by atoms with Gasteiger partial charge in [0.25, 0.3) is 0 Å². The number of aromatic nitrogens is 1. The van der Waals surface area contributed by atoms with E-state index in [4.69, 9.17) is 11.6 Å². The maximum absolute atomic E-state index is 12.9. The number of benzene rings is 1. The Labute approximate surface area is 172 Å². The summed E-state index contributed by atoms with van der Waals surface area (Å²) < 4.78 is 66.1. The molecule has 0 aliphatic carbocycles. The molecule has 29 heavy (non-hydrogen) atoms. The fraction of sp³-hybridized carbons (Fsp3) is 0.389. The molecule has 0 atom stereocenters. The van der Waals surface area contributed by atoms with Crippen LogP contribution in [0, 0.1) is 0 Å². The molecule has 1 aromatic heterocycles. The molecule has 0 unspecified atom stereocenters. The van der Waals surface area contributed by atoms with Crippen molar-refractivity contribution >= 4 is 27.4 Å². The number of rotatable bonds is 5. The maximum atomic E-state index is 12.9. The van der Waals surface area contributed by atoms with Crippen molar-refractivity contribution in [1.29, 1.82) is 0 Å². The molecule has 1 saturated heterocycles. The molecule has 0 spiro atoms. The smallest absolute Gasteiger partial charge is 0.354 e. The van der Waals surface area contributed by atoms with Gasteiger partial charge in [-0.05, 0) is 42.9 Å². The number of nitrogens with one attached hydrogen (secondary N) is 1. The number of pyridine rings is 1. The van der Waals surface area contributed by atoms with Gasteiger partial charge in [0.05, 0.1) is 10.6 Å². The minimum Gasteiger partial charge on any atom is -0.354 e. The van der Waals surface area contributed by atoms with E-state index in [-0.39, 0.29) is 11.6 Å². The summed E-state index contributed by atoms with van der Waals surface area (Å²) in [6.07, 6.45) is -3.09. The number of anilines is 1. The Morgan fingerprint density at radius 1 is 1.14 bits per heavy atom. The summed E-state index contributed by atoms with van der Waals surface area (Å²) in [5.41, 5.74) is -0.441. The topological polar surface area (TPSA) is 65.5 Å². The molecule has 1 aliphatic heterocycles. The molecule has 2 heterocycles. The molecule has 1 aliphatic rings. The first-order valence-corrected chi connectivity index (χ1v) is 10.7. The molecule has 0 radical (unpaired) electrons. The lowest BCUT2D eigenvalue weighted by Gasteiger charge is -2.33. The molecule has 2 aromatic rings. The van der Waals surface area contributed by atoms with Crippen molar-refractivity contribution in [3.05, 3.63) is 52.7 Å². The average molecular weight is 449 g/mol. The van der Waals surface area contributed by atoms with Gasteiger partial charge in [-0.3, -0.25) is 0 Å². The third-order valence-electron chi connectivity index (χ3n) is 4.65. The van der Waals surface area contributed by atoms with E-state index in [2.05, 4.69) is 19.5 Å². The van der Waals surface area contributed by atoms with Crippen molar-refractivity contribution in [2.75, 3.05) is 38.1 Å². The van der Waals surface area contributed by atoms with Crippen LogP contribution in [0.2, 0.25) is 5.02 Å². The van der Waals surface area contributed by atoms with Crippen LogP contribution in [-0.4, -0.2) is 51.5 Å². The Hall–Kier alpha value is -1.88. The van der Waals surface area contributed by atoms with E-state index in [0.29, 0.717) is 11.6 Å². The number of nitrogens with zero attached hydrogens (tertiary/aromatic N) is 3. The summed E-state index contributed by atoms with van der Waals surface area (Å²) in [5, 5.41) is -0.279. The first kappa shape index (κ1) is 21.8. The van der Waals surface area contributed by atoms with Crippen LogP contribution in [0.4, 0.5) is 19.0 Å². The van der Waals surface area contributed by atoms with Crippen molar-refractivity contribution in [3.63, 3.8) is 0 Å². The van der Waals surface area contributed by atoms with E-state index in [9.17, 15) is 21.6 Å². The van der Waals surface area contributed by atoms with Crippen LogP contribution < -0.4 is 9.62 Å². The lowest BCUT2D eigenvalue weighted by molar-refractivity contribution is -0.137. The van der Waals surface area contributed by atoms with Crippen LogP contribution in [0.25, 0.3) is 0 Å². The molecule has 1 aromatic carbocycles. The van der Waals surface area contributed by atoms with Crippen molar-refractivity contribution in [2.45, 2.75) is 17.6 Å². The fourth-order valence-electron chi connectivity index (χ4n) is 2.92. The third-order valence-corrected chi connectivity index (χ3v) is 6.53. The highest BCUT2D eigenvalue weighted by molar-refractivity contribution is 7.89. The quantitative estimate of drug-likeness (QED) is 0.761. The van der Waals surface area contributed by atoms with E-state index in [1.807, 2.05) is 7.05 Å². The number of hydrogen-bond donors (Lipinski definition) is 1. The zero-order valence-corrected chi connectivity index (χ0v) is 17.2. The summed E-state index contributed by atoms with van der Waals surface area (Å²) in [5.74, 6) is 0.729. The normalized spacial score (nSPS) is 16.2. The summed E-state index contributed by atoms with van der Waals surface area (Å²) >= 11 is 5.84. The van der Waals surface area contributed by atoms with Gasteiger partial charge in [0, 0.05) is 38.9 Å². The SMILES string of the molecule is CN1CCN(c2cc(CNS(=O)(=O)c3cc(C(F)(F)F)ccc3Cl)ccn2)CC1. The molecule has 0 bridgehead atoms. The van der Waals surface area contributed by atoms with E-state index >= 15 is 0 Å². The number of halogens is 4. The van der Waals surface area contributed by atoms with Gasteiger partial charge in [0.2, 0.25) is 10.0 Å². The van der Waals surface area contributed by atoms with Crippen LogP contribution in [0.3, 0.4) is 0 Å². The monoisotopic (exact) mass is 448 g/mol. The molecule has 0 amide bonds. The van der Waals surface area contributed by atoms with Gasteiger partial charge < -0.3 is 9.80 Å². The molecular formula is C18H20ClF3N4O2S. The Kier molecular flexibility index (Phi) is 6.37. The first-order valence-electron chi connectivity index (χ1n) is 8.81. The first-order chi connectivity index (χ1) is 13.6. The van der Waals surface area contributed by atoms with Gasteiger partial charge >= 0.3 is 6.18 Å². The molecule has 6 nitrogen and oxygen atoms in total. The van der Waals surface area contributed by atoms with E-state index in [1.54, 1.807) is 18.3 Å². The molecule has 1 N–H and O–H groups in total. The molecular weight excluding hydrogens is 429 g/mol. The van der Waals surface area contributed by atoms with Crippen LogP contribution >= 0.6 is 11.6 Å². The standard InChI is InChI=1S/C18H20ClF3N4O2S/c1-25-6-8-26(9-7-25)17-10-13(4-5-23-17)12-24-29(27,28)16-11-14(18(20,21)22)2-3-15(16)19/h2-5,10-11,24H,6-9,12H2,1H3. The minimum absolute atomic E-state index is 0.0990. The van der Waals surface area contributed by atoms with Crippen LogP contribution in [-0.2, 0) is 22.7 Å². The number of piperazine rings is 1. The molecule has 1 fully saturated rings. The van der Waals surface area contributed by atoms with Gasteiger partial charge in [-0.1, -0.05) is 11.6 Å². The molecule has 0 saturated carbocycles. The molecule has 158 valence electrons. The highest BCUT2D eigenvalue weighted by Gasteiger charge is 2.32. The second-order valence-corrected chi connectivity index (χ2v) is 8.92. The fourth-order valence-corrected chi connectivity index (χ4v) is 4.46. The molecule has 11 heteroatoms. The van der Waals surface area contributed by atoms with Crippen molar-refractivity contribution in [2.24, 2.45) is 0 Å². The summed E-state index contributed by atoms with van der Waals surface area (Å²) in [6, 6.07) is 5.62. The number of hydrogen-bond acceptors (Lipinski definition) is 5. The predicted molar refractivity (Wildman–Crippen MR) is 104 cm³/mol. The number of alkyl halides is 3. The van der Waals surface area contributed by atoms with E-state index < -0.39 is 26.7 Å². The van der Waals surface area contributed by atoms with Gasteiger partial charge in [-0.15, -0.1) is 0 Å². The van der Waals surface area contributed by atoms with Crippen molar-refractivity contribution < 1.29 is 21.6 Å². The van der Waals surface area contributed by atoms with Gasteiger partial charge in [-0.25, -0.2) is 18.1 Å². The maximum Gasteiger partial charge on any atom is 0.416 e. The van der Waals surface area contributed by atoms with Crippen LogP contribution in [0.15, 0.2) is 41.4 Å². The summed E-state index contributed by atoms with van der Waals surface area (Å²) in [6.45, 7) is 3.30. The van der Waals surface area contributed by atoms with Crippen molar-refractivity contribution in [3.8, 4) is 0 Å². The largest absolute Gasteiger partial charge is 0.416 e. The Bertz CT molecular complexity index is 977. The van der Waals surface area contributed by atoms with Crippen LogP contribution in [0.1, 0.15) is 11.1 Å².